The number of hydrogen-bond acceptors (Lipinski definition) is 3. The van der Waals surface area contributed by atoms with Gasteiger partial charge in [-0.2, -0.15) is 0 Å². The number of nitrogens with zero attached hydrogens (tertiary/aromatic N) is 2. The van der Waals surface area contributed by atoms with Gasteiger partial charge in [-0.25, -0.2) is 0 Å². The van der Waals surface area contributed by atoms with Crippen LogP contribution < -0.4 is 25.3 Å². The van der Waals surface area contributed by atoms with Crippen molar-refractivity contribution in [2.24, 2.45) is 0 Å². The second kappa shape index (κ2) is 11.8. The van der Waals surface area contributed by atoms with Crippen LogP contribution in [0.15, 0.2) is 140 Å². The van der Waals surface area contributed by atoms with Gasteiger partial charge in [0.1, 0.15) is 0 Å². The van der Waals surface area contributed by atoms with Gasteiger partial charge in [0, 0.05) is 56.1 Å². The van der Waals surface area contributed by atoms with E-state index in [4.69, 9.17) is 9.47 Å². The van der Waals surface area contributed by atoms with Crippen LogP contribution in [0.4, 0.5) is 17.1 Å². The fourth-order valence-electron chi connectivity index (χ4n) is 10.7. The maximum Gasteiger partial charge on any atom is 0.333 e. The Morgan fingerprint density at radius 3 is 1.90 bits per heavy atom. The number of hydrogen-bond donors (Lipinski definition) is 0. The van der Waals surface area contributed by atoms with Crippen molar-refractivity contribution in [2.75, 3.05) is 4.90 Å². The standard InChI is InChI=1S/C55H47BN2O2/c1-53(2,3)33-25-26-42(38(27-33)32-17-10-9-11-18-32)57-43-31-48-47(59-45-23-14-15-24-46(45)60-48)30-41(43)56-50-39(28-34(29-44(50)57)54(4,5)6)35-20-16-21-37-49-52(58(56)51(35)37)36-19-12-13-22-40(36)55(49,7)8/h9-31H,1-8H3. The van der Waals surface area contributed by atoms with Crippen LogP contribution in [0.2, 0.25) is 0 Å². The van der Waals surface area contributed by atoms with Crippen LogP contribution in [0.25, 0.3) is 44.4 Å². The third-order valence-corrected chi connectivity index (χ3v) is 13.7. The van der Waals surface area contributed by atoms with Gasteiger partial charge in [0.05, 0.1) is 5.69 Å². The molecule has 0 saturated heterocycles. The topological polar surface area (TPSA) is 26.6 Å². The number of benzene rings is 7. The van der Waals surface area contributed by atoms with Crippen LogP contribution >= 0.6 is 0 Å². The van der Waals surface area contributed by atoms with Crippen molar-refractivity contribution >= 4 is 45.7 Å². The largest absolute Gasteiger partial charge is 0.450 e. The summed E-state index contributed by atoms with van der Waals surface area (Å²) in [6.07, 6.45) is 0. The van der Waals surface area contributed by atoms with E-state index >= 15 is 0 Å². The van der Waals surface area contributed by atoms with Crippen LogP contribution in [-0.4, -0.2) is 11.3 Å². The lowest BCUT2D eigenvalue weighted by molar-refractivity contribution is 0.360. The van der Waals surface area contributed by atoms with Gasteiger partial charge in [-0.1, -0.05) is 152 Å². The molecule has 1 aliphatic carbocycles. The van der Waals surface area contributed by atoms with Crippen molar-refractivity contribution in [3.63, 3.8) is 0 Å². The molecule has 5 heteroatoms. The molecule has 0 atom stereocenters. The van der Waals surface area contributed by atoms with Crippen molar-refractivity contribution < 1.29 is 9.47 Å². The smallest absolute Gasteiger partial charge is 0.333 e. The summed E-state index contributed by atoms with van der Waals surface area (Å²) in [4.78, 5) is 2.55. The molecule has 0 radical (unpaired) electrons. The fraction of sp³-hybridized carbons (Fsp3) is 0.200. The molecule has 0 fully saturated rings. The van der Waals surface area contributed by atoms with E-state index < -0.39 is 0 Å². The minimum atomic E-state index is -0.177. The summed E-state index contributed by atoms with van der Waals surface area (Å²) in [5.74, 6) is 2.90. The molecule has 3 aliphatic heterocycles. The molecule has 4 heterocycles. The van der Waals surface area contributed by atoms with E-state index in [0.29, 0.717) is 5.75 Å². The summed E-state index contributed by atoms with van der Waals surface area (Å²) in [5, 5.41) is 1.33. The molecule has 0 spiro atoms. The number of aromatic nitrogens is 1. The van der Waals surface area contributed by atoms with Gasteiger partial charge in [0.15, 0.2) is 23.0 Å². The summed E-state index contributed by atoms with van der Waals surface area (Å²) in [5.41, 5.74) is 19.9. The lowest BCUT2D eigenvalue weighted by Crippen LogP contribution is -2.57. The minimum absolute atomic E-state index is 0.0378. The minimum Gasteiger partial charge on any atom is -0.450 e. The second-order valence-electron chi connectivity index (χ2n) is 19.8. The summed E-state index contributed by atoms with van der Waals surface area (Å²) in [6, 6.07) is 51.6. The highest BCUT2D eigenvalue weighted by Gasteiger charge is 2.49. The molecule has 0 saturated carbocycles. The van der Waals surface area contributed by atoms with Crippen LogP contribution in [-0.2, 0) is 16.2 Å². The fourth-order valence-corrected chi connectivity index (χ4v) is 10.7. The van der Waals surface area contributed by atoms with Gasteiger partial charge in [-0.05, 0) is 91.5 Å². The Morgan fingerprint density at radius 2 is 1.17 bits per heavy atom. The summed E-state index contributed by atoms with van der Waals surface area (Å²) >= 11 is 0. The highest BCUT2D eigenvalue weighted by Crippen LogP contribution is 2.57. The number of fused-ring (bicyclic) bond motifs is 11. The second-order valence-corrected chi connectivity index (χ2v) is 19.8. The summed E-state index contributed by atoms with van der Waals surface area (Å²) < 4.78 is 16.2. The van der Waals surface area contributed by atoms with Crippen molar-refractivity contribution in [1.29, 1.82) is 0 Å². The molecule has 4 aliphatic rings. The van der Waals surface area contributed by atoms with Crippen LogP contribution in [0.3, 0.4) is 0 Å². The molecule has 12 rings (SSSR count). The van der Waals surface area contributed by atoms with Crippen molar-refractivity contribution in [1.82, 2.24) is 4.48 Å². The Bertz CT molecular complexity index is 3160. The molecule has 7 aromatic carbocycles. The molecule has 4 nitrogen and oxygen atoms in total. The van der Waals surface area contributed by atoms with E-state index in [0.717, 1.165) is 28.6 Å². The summed E-state index contributed by atoms with van der Waals surface area (Å²) in [7, 11) is 0. The molecule has 0 bridgehead atoms. The first-order valence-electron chi connectivity index (χ1n) is 21.4. The first-order chi connectivity index (χ1) is 28.8. The monoisotopic (exact) mass is 778 g/mol. The first-order valence-corrected chi connectivity index (χ1v) is 21.4. The van der Waals surface area contributed by atoms with E-state index in [1.54, 1.807) is 0 Å². The van der Waals surface area contributed by atoms with E-state index in [9.17, 15) is 0 Å². The Morgan fingerprint density at radius 1 is 0.517 bits per heavy atom. The number of ether oxygens (including phenoxy) is 2. The predicted octanol–water partition coefficient (Wildman–Crippen LogP) is 13.5. The number of para-hydroxylation sites is 3. The van der Waals surface area contributed by atoms with E-state index in [1.165, 1.54) is 83.3 Å². The van der Waals surface area contributed by atoms with Crippen molar-refractivity contribution in [3.8, 4) is 56.5 Å². The normalized spacial score (nSPS) is 15.0. The van der Waals surface area contributed by atoms with Gasteiger partial charge >= 0.3 is 6.85 Å². The Kier molecular flexibility index (Phi) is 7.01. The number of anilines is 3. The zero-order valence-corrected chi connectivity index (χ0v) is 35.6. The van der Waals surface area contributed by atoms with Crippen LogP contribution in [0.1, 0.15) is 77.6 Å². The molecule has 292 valence electrons. The van der Waals surface area contributed by atoms with E-state index in [2.05, 4.69) is 180 Å². The molecule has 60 heavy (non-hydrogen) atoms. The number of rotatable bonds is 2. The molecular weight excluding hydrogens is 731 g/mol. The van der Waals surface area contributed by atoms with Gasteiger partial charge in [0.25, 0.3) is 0 Å². The predicted molar refractivity (Wildman–Crippen MR) is 249 cm³/mol. The quantitative estimate of drug-likeness (QED) is 0.164. The van der Waals surface area contributed by atoms with Gasteiger partial charge in [-0.3, -0.25) is 0 Å². The molecule has 0 amide bonds. The Hall–Kier alpha value is -6.46. The molecular formula is C55H47BN2O2. The molecule has 8 aromatic rings. The van der Waals surface area contributed by atoms with E-state index in [1.807, 2.05) is 24.3 Å². The third kappa shape index (κ3) is 4.75. The zero-order chi connectivity index (χ0) is 41.0. The van der Waals surface area contributed by atoms with Crippen LogP contribution in [0.5, 0.6) is 23.0 Å². The molecule has 1 aromatic heterocycles. The van der Waals surface area contributed by atoms with Gasteiger partial charge in [0.2, 0.25) is 0 Å². The molecule has 0 N–H and O–H groups in total. The van der Waals surface area contributed by atoms with E-state index in [-0.39, 0.29) is 23.1 Å². The van der Waals surface area contributed by atoms with Gasteiger partial charge < -0.3 is 18.9 Å². The van der Waals surface area contributed by atoms with Gasteiger partial charge in [-0.15, -0.1) is 0 Å². The van der Waals surface area contributed by atoms with Crippen molar-refractivity contribution in [2.45, 2.75) is 71.6 Å². The van der Waals surface area contributed by atoms with Crippen molar-refractivity contribution in [3.05, 3.63) is 162 Å². The Labute approximate surface area is 353 Å². The maximum absolute atomic E-state index is 6.78. The first kappa shape index (κ1) is 35.5. The maximum atomic E-state index is 6.78. The summed E-state index contributed by atoms with van der Waals surface area (Å²) in [6.45, 7) is 18.6. The highest BCUT2D eigenvalue weighted by atomic mass is 16.6. The molecule has 0 unspecified atom stereocenters. The average Bonchev–Trinajstić information content (AvgIpc) is 3.70. The zero-order valence-electron chi connectivity index (χ0n) is 35.6. The SMILES string of the molecule is CC(C)(C)c1ccc(N2c3cc4c(cc3B3c5c(cc(C(C)(C)C)cc52)-c2cccc5c6c(n3c25)-c2ccccc2C6(C)C)Oc2ccccc2O4)c(-c2ccccc2)c1. The third-order valence-electron chi connectivity index (χ3n) is 13.7. The highest BCUT2D eigenvalue weighted by molar-refractivity contribution is 6.89. The average molecular weight is 779 g/mol. The lowest BCUT2D eigenvalue weighted by Gasteiger charge is -2.43. The van der Waals surface area contributed by atoms with Crippen LogP contribution in [0, 0.1) is 0 Å². The Balaban J connectivity index is 1.24. The lowest BCUT2D eigenvalue weighted by atomic mass is 9.44.